The van der Waals surface area contributed by atoms with Gasteiger partial charge < -0.3 is 9.16 Å². The fourth-order valence-corrected chi connectivity index (χ4v) is 4.11. The molecule has 2 nitrogen and oxygen atoms in total. The Kier molecular flexibility index (Phi) is 8.76. The Morgan fingerprint density at radius 3 is 2.26 bits per heavy atom. The van der Waals surface area contributed by atoms with Gasteiger partial charge in [0.15, 0.2) is 8.32 Å². The summed E-state index contributed by atoms with van der Waals surface area (Å²) in [6.07, 6.45) is 1.27. The van der Waals surface area contributed by atoms with Gasteiger partial charge in [-0.15, -0.1) is 0 Å². The fraction of sp³-hybridized carbons (Fsp3) is 0.684. The van der Waals surface area contributed by atoms with Gasteiger partial charge in [0.2, 0.25) is 0 Å². The lowest BCUT2D eigenvalue weighted by Crippen LogP contribution is -2.46. The van der Waals surface area contributed by atoms with Crippen LogP contribution in [0, 0.1) is 5.92 Å². The largest absolute Gasteiger partial charge is 0.414 e. The van der Waals surface area contributed by atoms with Gasteiger partial charge in [0, 0.05) is 11.0 Å². The molecule has 4 heteroatoms. The maximum Gasteiger partial charge on any atom is 0.192 e. The molecule has 0 aliphatic heterocycles. The molecule has 0 fully saturated rings. The van der Waals surface area contributed by atoms with Crippen LogP contribution in [-0.2, 0) is 15.8 Å². The third-order valence-corrected chi connectivity index (χ3v) is 10.7. The summed E-state index contributed by atoms with van der Waals surface area (Å²) >= 11 is 2.47. The molecule has 0 aromatic heterocycles. The Morgan fingerprint density at radius 1 is 1.13 bits per heavy atom. The second-order valence-corrected chi connectivity index (χ2v) is 13.5. The highest BCUT2D eigenvalue weighted by Crippen LogP contribution is 2.38. The number of alkyl halides is 1. The van der Waals surface area contributed by atoms with Crippen LogP contribution in [0.25, 0.3) is 0 Å². The lowest BCUT2D eigenvalue weighted by Gasteiger charge is -2.40. The second-order valence-electron chi connectivity index (χ2n) is 7.88. The molecule has 0 unspecified atom stereocenters. The second kappa shape index (κ2) is 9.54. The summed E-state index contributed by atoms with van der Waals surface area (Å²) in [4.78, 5) is 0. The van der Waals surface area contributed by atoms with Gasteiger partial charge in [0.05, 0.1) is 12.7 Å². The summed E-state index contributed by atoms with van der Waals surface area (Å²) in [5, 5.41) is 0.251. The highest BCUT2D eigenvalue weighted by Gasteiger charge is 2.39. The molecule has 0 spiro atoms. The molecule has 0 N–H and O–H groups in total. The van der Waals surface area contributed by atoms with Crippen LogP contribution in [0.4, 0.5) is 0 Å². The Hall–Kier alpha value is 0.0869. The minimum atomic E-state index is -1.73. The Balaban J connectivity index is 2.52. The van der Waals surface area contributed by atoms with E-state index >= 15 is 0 Å². The number of hydrogen-bond donors (Lipinski definition) is 0. The summed E-state index contributed by atoms with van der Waals surface area (Å²) in [6, 6.07) is 10.4. The van der Waals surface area contributed by atoms with Gasteiger partial charge >= 0.3 is 0 Å². The van der Waals surface area contributed by atoms with E-state index in [2.05, 4.69) is 87.6 Å². The summed E-state index contributed by atoms with van der Waals surface area (Å²) in [6.45, 7) is 15.3. The predicted octanol–water partition coefficient (Wildman–Crippen LogP) is 6.05. The Labute approximate surface area is 157 Å². The first-order chi connectivity index (χ1) is 10.7. The third-order valence-electron chi connectivity index (χ3n) is 4.79. The zero-order chi connectivity index (χ0) is 17.5. The monoisotopic (exact) mass is 448 g/mol. The third kappa shape index (κ3) is 7.24. The molecule has 132 valence electrons. The maximum absolute atomic E-state index is 6.66. The number of benzene rings is 1. The Morgan fingerprint density at radius 2 is 1.74 bits per heavy atom. The summed E-state index contributed by atoms with van der Waals surface area (Å²) < 4.78 is 13.7. The maximum atomic E-state index is 6.66. The summed E-state index contributed by atoms with van der Waals surface area (Å²) in [7, 11) is -1.73. The van der Waals surface area contributed by atoms with Crippen molar-refractivity contribution >= 4 is 30.9 Å². The number of rotatable bonds is 9. The lowest BCUT2D eigenvalue weighted by atomic mass is 10.1. The van der Waals surface area contributed by atoms with Crippen LogP contribution in [0.5, 0.6) is 0 Å². The molecule has 1 aromatic rings. The molecule has 1 aromatic carbocycles. The van der Waals surface area contributed by atoms with Gasteiger partial charge in [-0.3, -0.25) is 0 Å². The van der Waals surface area contributed by atoms with Crippen LogP contribution in [0.2, 0.25) is 18.1 Å². The van der Waals surface area contributed by atoms with Crippen LogP contribution < -0.4 is 0 Å². The lowest BCUT2D eigenvalue weighted by molar-refractivity contribution is 0.0604. The van der Waals surface area contributed by atoms with E-state index in [0.717, 1.165) is 17.5 Å². The van der Waals surface area contributed by atoms with E-state index in [0.29, 0.717) is 18.6 Å². The van der Waals surface area contributed by atoms with Crippen molar-refractivity contribution in [2.75, 3.05) is 11.0 Å². The molecular weight excluding hydrogens is 415 g/mol. The standard InChI is InChI=1S/C19H33IO2Si/c1-16(14-20)18(22-23(5,6)19(2,3)4)12-13-21-15-17-10-8-7-9-11-17/h7-11,16,18H,12-15H2,1-6H3/t16-,18-/m0/s1. The molecule has 0 saturated heterocycles. The minimum absolute atomic E-state index is 0.251. The minimum Gasteiger partial charge on any atom is -0.414 e. The molecule has 0 saturated carbocycles. The van der Waals surface area contributed by atoms with Gasteiger partial charge in [-0.2, -0.15) is 0 Å². The van der Waals surface area contributed by atoms with E-state index in [9.17, 15) is 0 Å². The molecule has 0 bridgehead atoms. The molecule has 1 rings (SSSR count). The number of halogens is 1. The molecule has 23 heavy (non-hydrogen) atoms. The average Bonchev–Trinajstić information content (AvgIpc) is 2.49. The zero-order valence-corrected chi connectivity index (χ0v) is 18.7. The first-order valence-electron chi connectivity index (χ1n) is 8.53. The molecular formula is C19H33IO2Si. The summed E-state index contributed by atoms with van der Waals surface area (Å²) in [5.41, 5.74) is 1.23. The van der Waals surface area contributed by atoms with Crippen LogP contribution in [0.3, 0.4) is 0 Å². The predicted molar refractivity (Wildman–Crippen MR) is 111 cm³/mol. The van der Waals surface area contributed by atoms with Gasteiger partial charge in [-0.05, 0) is 36.0 Å². The molecule has 0 aliphatic rings. The molecule has 2 atom stereocenters. The van der Waals surface area contributed by atoms with Crippen LogP contribution >= 0.6 is 22.6 Å². The van der Waals surface area contributed by atoms with Gasteiger partial charge in [0.25, 0.3) is 0 Å². The normalized spacial score (nSPS) is 15.4. The molecule has 0 heterocycles. The van der Waals surface area contributed by atoms with Crippen molar-refractivity contribution in [3.63, 3.8) is 0 Å². The van der Waals surface area contributed by atoms with Gasteiger partial charge in [-0.25, -0.2) is 0 Å². The van der Waals surface area contributed by atoms with Crippen LogP contribution in [0.1, 0.15) is 39.7 Å². The SMILES string of the molecule is C[C@@H](CI)[C@H](CCOCc1ccccc1)O[Si](C)(C)C(C)(C)C. The number of ether oxygens (including phenoxy) is 1. The van der Waals surface area contributed by atoms with Gasteiger partial charge in [-0.1, -0.05) is 80.6 Å². The highest BCUT2D eigenvalue weighted by atomic mass is 127. The van der Waals surface area contributed by atoms with E-state index in [1.54, 1.807) is 0 Å². The number of hydrogen-bond acceptors (Lipinski definition) is 2. The summed E-state index contributed by atoms with van der Waals surface area (Å²) in [5.74, 6) is 0.560. The van der Waals surface area contributed by atoms with Crippen LogP contribution in [0.15, 0.2) is 30.3 Å². The van der Waals surface area contributed by atoms with Gasteiger partial charge in [0.1, 0.15) is 0 Å². The highest BCUT2D eigenvalue weighted by molar-refractivity contribution is 14.1. The first kappa shape index (κ1) is 21.1. The van der Waals surface area contributed by atoms with E-state index in [1.165, 1.54) is 5.56 Å². The van der Waals surface area contributed by atoms with Crippen molar-refractivity contribution in [1.29, 1.82) is 0 Å². The Bertz CT molecular complexity index is 442. The molecule has 0 radical (unpaired) electrons. The van der Waals surface area contributed by atoms with Crippen molar-refractivity contribution in [2.24, 2.45) is 5.92 Å². The zero-order valence-electron chi connectivity index (χ0n) is 15.6. The average molecular weight is 448 g/mol. The molecule has 0 amide bonds. The van der Waals surface area contributed by atoms with Crippen molar-refractivity contribution in [3.8, 4) is 0 Å². The quantitative estimate of drug-likeness (QED) is 0.198. The van der Waals surface area contributed by atoms with Crippen molar-refractivity contribution in [3.05, 3.63) is 35.9 Å². The smallest absolute Gasteiger partial charge is 0.192 e. The molecule has 0 aliphatic carbocycles. The van der Waals surface area contributed by atoms with Crippen molar-refractivity contribution in [2.45, 2.75) is 65.0 Å². The van der Waals surface area contributed by atoms with E-state index in [-0.39, 0.29) is 5.04 Å². The van der Waals surface area contributed by atoms with E-state index in [1.807, 2.05) is 6.07 Å². The van der Waals surface area contributed by atoms with Crippen molar-refractivity contribution in [1.82, 2.24) is 0 Å². The fourth-order valence-electron chi connectivity index (χ4n) is 2.08. The van der Waals surface area contributed by atoms with Crippen molar-refractivity contribution < 1.29 is 9.16 Å². The van der Waals surface area contributed by atoms with E-state index < -0.39 is 8.32 Å². The first-order valence-corrected chi connectivity index (χ1v) is 13.0. The van der Waals surface area contributed by atoms with Crippen LogP contribution in [-0.4, -0.2) is 25.5 Å². The topological polar surface area (TPSA) is 18.5 Å². The van der Waals surface area contributed by atoms with E-state index in [4.69, 9.17) is 9.16 Å².